The number of nitrogens with two attached hydrogens (primary N) is 1. The lowest BCUT2D eigenvalue weighted by Crippen LogP contribution is -2.33. The Morgan fingerprint density at radius 3 is 2.78 bits per heavy atom. The van der Waals surface area contributed by atoms with Gasteiger partial charge in [0.2, 0.25) is 0 Å². The first-order valence-corrected chi connectivity index (χ1v) is 6.18. The Labute approximate surface area is 107 Å². The van der Waals surface area contributed by atoms with Crippen molar-refractivity contribution in [3.05, 3.63) is 24.3 Å². The minimum Gasteiger partial charge on any atom is -0.397 e. The van der Waals surface area contributed by atoms with Crippen LogP contribution in [0, 0.1) is 0 Å². The van der Waals surface area contributed by atoms with E-state index in [0.717, 1.165) is 5.69 Å². The Balaban J connectivity index is 2.05. The van der Waals surface area contributed by atoms with E-state index in [-0.39, 0.29) is 12.1 Å². The molecule has 2 rings (SSSR count). The van der Waals surface area contributed by atoms with Crippen LogP contribution in [0.4, 0.5) is 16.2 Å². The van der Waals surface area contributed by atoms with Gasteiger partial charge < -0.3 is 15.7 Å². The van der Waals surface area contributed by atoms with E-state index in [1.165, 1.54) is 0 Å². The van der Waals surface area contributed by atoms with Crippen LogP contribution in [0.2, 0.25) is 0 Å². The number of urea groups is 1. The van der Waals surface area contributed by atoms with Gasteiger partial charge >= 0.3 is 6.03 Å². The molecule has 18 heavy (non-hydrogen) atoms. The van der Waals surface area contributed by atoms with Gasteiger partial charge in [-0.2, -0.15) is 0 Å². The Hall–Kier alpha value is -1.75. The molecule has 2 amide bonds. The molecule has 1 aromatic carbocycles. The van der Waals surface area contributed by atoms with Crippen molar-refractivity contribution in [2.45, 2.75) is 19.4 Å². The first-order chi connectivity index (χ1) is 8.59. The largest absolute Gasteiger partial charge is 0.397 e. The van der Waals surface area contributed by atoms with E-state index in [9.17, 15) is 9.90 Å². The maximum atomic E-state index is 12.2. The molecule has 0 bridgehead atoms. The first kappa shape index (κ1) is 12.7. The summed E-state index contributed by atoms with van der Waals surface area (Å²) in [5, 5.41) is 9.25. The fourth-order valence-electron chi connectivity index (χ4n) is 2.09. The van der Waals surface area contributed by atoms with Gasteiger partial charge in [0, 0.05) is 19.6 Å². The van der Waals surface area contributed by atoms with Crippen LogP contribution in [-0.2, 0) is 0 Å². The van der Waals surface area contributed by atoms with Crippen molar-refractivity contribution in [3.8, 4) is 0 Å². The van der Waals surface area contributed by atoms with Gasteiger partial charge in [-0.3, -0.25) is 4.90 Å². The standard InChI is InChI=1S/C13H19N3O2/c1-10(17)6-7-15-8-9-16(13(15)18)12-5-3-2-4-11(12)14/h2-5,10,17H,6-9,14H2,1H3. The minimum atomic E-state index is -0.381. The second kappa shape index (κ2) is 5.27. The van der Waals surface area contributed by atoms with Gasteiger partial charge in [0.1, 0.15) is 0 Å². The molecule has 1 fully saturated rings. The van der Waals surface area contributed by atoms with Crippen molar-refractivity contribution in [1.82, 2.24) is 4.90 Å². The van der Waals surface area contributed by atoms with Gasteiger partial charge in [0.15, 0.2) is 0 Å². The van der Waals surface area contributed by atoms with Gasteiger partial charge in [-0.1, -0.05) is 12.1 Å². The number of carbonyl (C=O) groups excluding carboxylic acids is 1. The minimum absolute atomic E-state index is 0.0337. The summed E-state index contributed by atoms with van der Waals surface area (Å²) in [6, 6.07) is 7.34. The molecule has 0 aliphatic carbocycles. The van der Waals surface area contributed by atoms with Gasteiger partial charge in [-0.25, -0.2) is 4.79 Å². The normalized spacial score (nSPS) is 17.3. The van der Waals surface area contributed by atoms with Gasteiger partial charge in [0.05, 0.1) is 17.5 Å². The molecule has 1 saturated heterocycles. The van der Waals surface area contributed by atoms with E-state index >= 15 is 0 Å². The van der Waals surface area contributed by atoms with Crippen molar-refractivity contribution >= 4 is 17.4 Å². The SMILES string of the molecule is CC(O)CCN1CCN(c2ccccc2N)C1=O. The highest BCUT2D eigenvalue weighted by atomic mass is 16.3. The van der Waals surface area contributed by atoms with Gasteiger partial charge in [0.25, 0.3) is 0 Å². The van der Waals surface area contributed by atoms with Crippen molar-refractivity contribution in [3.63, 3.8) is 0 Å². The zero-order chi connectivity index (χ0) is 13.1. The summed E-state index contributed by atoms with van der Waals surface area (Å²) in [5.74, 6) is 0. The fourth-order valence-corrected chi connectivity index (χ4v) is 2.09. The molecule has 98 valence electrons. The summed E-state index contributed by atoms with van der Waals surface area (Å²) in [7, 11) is 0. The number of nitrogen functional groups attached to an aromatic ring is 1. The molecule has 1 unspecified atom stereocenters. The Kier molecular flexibility index (Phi) is 3.72. The molecule has 0 spiro atoms. The molecule has 1 aromatic rings. The summed E-state index contributed by atoms with van der Waals surface area (Å²) in [6.07, 6.45) is 0.220. The van der Waals surface area contributed by atoms with Gasteiger partial charge in [-0.05, 0) is 25.5 Å². The van der Waals surface area contributed by atoms with Crippen LogP contribution in [0.5, 0.6) is 0 Å². The highest BCUT2D eigenvalue weighted by molar-refractivity contribution is 5.97. The highest BCUT2D eigenvalue weighted by Crippen LogP contribution is 2.26. The van der Waals surface area contributed by atoms with Crippen LogP contribution in [0.1, 0.15) is 13.3 Å². The number of aliphatic hydroxyl groups is 1. The molecule has 3 N–H and O–H groups in total. The summed E-state index contributed by atoms with van der Waals surface area (Å²) in [5.41, 5.74) is 7.26. The van der Waals surface area contributed by atoms with E-state index in [4.69, 9.17) is 5.73 Å². The Morgan fingerprint density at radius 1 is 1.39 bits per heavy atom. The third-order valence-electron chi connectivity index (χ3n) is 3.14. The average molecular weight is 249 g/mol. The second-order valence-corrected chi connectivity index (χ2v) is 4.62. The molecule has 1 atom stereocenters. The van der Waals surface area contributed by atoms with E-state index < -0.39 is 0 Å². The molecular formula is C13H19N3O2. The fraction of sp³-hybridized carbons (Fsp3) is 0.462. The zero-order valence-corrected chi connectivity index (χ0v) is 10.5. The Morgan fingerprint density at radius 2 is 2.11 bits per heavy atom. The molecule has 0 aromatic heterocycles. The number of anilines is 2. The Bertz CT molecular complexity index is 434. The summed E-state index contributed by atoms with van der Waals surface area (Å²) in [4.78, 5) is 15.6. The second-order valence-electron chi connectivity index (χ2n) is 4.62. The van der Waals surface area contributed by atoms with Crippen molar-refractivity contribution in [1.29, 1.82) is 0 Å². The number of nitrogens with zero attached hydrogens (tertiary/aromatic N) is 2. The molecule has 1 heterocycles. The maximum Gasteiger partial charge on any atom is 0.324 e. The van der Waals surface area contributed by atoms with Crippen LogP contribution < -0.4 is 10.6 Å². The van der Waals surface area contributed by atoms with E-state index in [0.29, 0.717) is 31.7 Å². The lowest BCUT2D eigenvalue weighted by molar-refractivity contribution is 0.165. The summed E-state index contributed by atoms with van der Waals surface area (Å²) >= 11 is 0. The number of hydrogen-bond donors (Lipinski definition) is 2. The zero-order valence-electron chi connectivity index (χ0n) is 10.5. The lowest BCUT2D eigenvalue weighted by atomic mass is 10.2. The number of aliphatic hydroxyl groups excluding tert-OH is 1. The number of carbonyl (C=O) groups is 1. The number of amides is 2. The summed E-state index contributed by atoms with van der Waals surface area (Å²) in [6.45, 7) is 3.64. The molecule has 5 nitrogen and oxygen atoms in total. The number of para-hydroxylation sites is 2. The maximum absolute atomic E-state index is 12.2. The predicted molar refractivity (Wildman–Crippen MR) is 71.5 cm³/mol. The van der Waals surface area contributed by atoms with Crippen LogP contribution in [0.15, 0.2) is 24.3 Å². The average Bonchev–Trinajstić information content (AvgIpc) is 2.69. The summed E-state index contributed by atoms with van der Waals surface area (Å²) < 4.78 is 0. The molecule has 1 aliphatic heterocycles. The molecule has 5 heteroatoms. The van der Waals surface area contributed by atoms with E-state index in [1.807, 2.05) is 18.2 Å². The number of hydrogen-bond acceptors (Lipinski definition) is 3. The smallest absolute Gasteiger partial charge is 0.324 e. The van der Waals surface area contributed by atoms with E-state index in [1.54, 1.807) is 22.8 Å². The molecule has 0 saturated carbocycles. The van der Waals surface area contributed by atoms with Crippen molar-refractivity contribution in [2.75, 3.05) is 30.3 Å². The van der Waals surface area contributed by atoms with Gasteiger partial charge in [-0.15, -0.1) is 0 Å². The number of benzene rings is 1. The quantitative estimate of drug-likeness (QED) is 0.790. The number of rotatable bonds is 4. The van der Waals surface area contributed by atoms with Crippen LogP contribution in [0.25, 0.3) is 0 Å². The van der Waals surface area contributed by atoms with Crippen molar-refractivity contribution < 1.29 is 9.90 Å². The molecule has 1 aliphatic rings. The third-order valence-corrected chi connectivity index (χ3v) is 3.14. The van der Waals surface area contributed by atoms with E-state index in [2.05, 4.69) is 0 Å². The van der Waals surface area contributed by atoms with Crippen LogP contribution >= 0.6 is 0 Å². The molecular weight excluding hydrogens is 230 g/mol. The highest BCUT2D eigenvalue weighted by Gasteiger charge is 2.30. The first-order valence-electron chi connectivity index (χ1n) is 6.18. The predicted octanol–water partition coefficient (Wildman–Crippen LogP) is 1.28. The van der Waals surface area contributed by atoms with Crippen molar-refractivity contribution in [2.24, 2.45) is 0 Å². The topological polar surface area (TPSA) is 69.8 Å². The monoisotopic (exact) mass is 249 g/mol. The van der Waals surface area contributed by atoms with Crippen LogP contribution in [-0.4, -0.2) is 41.8 Å². The lowest BCUT2D eigenvalue weighted by Gasteiger charge is -2.20. The third kappa shape index (κ3) is 2.56. The van der Waals surface area contributed by atoms with Crippen LogP contribution in [0.3, 0.4) is 0 Å². The molecule has 0 radical (unpaired) electrons.